The van der Waals surface area contributed by atoms with Gasteiger partial charge in [-0.25, -0.2) is 4.39 Å². The zero-order chi connectivity index (χ0) is 13.3. The molecule has 2 N–H and O–H groups in total. The molecule has 0 radical (unpaired) electrons. The molecule has 0 aromatic heterocycles. The van der Waals surface area contributed by atoms with Crippen LogP contribution in [0.25, 0.3) is 0 Å². The Morgan fingerprint density at radius 3 is 2.83 bits per heavy atom. The van der Waals surface area contributed by atoms with Crippen molar-refractivity contribution < 1.29 is 14.3 Å². The molecule has 1 aliphatic heterocycles. The Labute approximate surface area is 105 Å². The molecule has 1 fully saturated rings. The molecule has 1 heterocycles. The largest absolute Gasteiger partial charge is 0.392 e. The van der Waals surface area contributed by atoms with Crippen molar-refractivity contribution in [2.45, 2.75) is 26.0 Å². The highest BCUT2D eigenvalue weighted by Gasteiger charge is 2.38. The number of aliphatic hydroxyl groups excluding tert-OH is 1. The third-order valence-electron chi connectivity index (χ3n) is 3.34. The Morgan fingerprint density at radius 1 is 1.50 bits per heavy atom. The number of anilines is 1. The van der Waals surface area contributed by atoms with Crippen molar-refractivity contribution in [3.8, 4) is 0 Å². The van der Waals surface area contributed by atoms with E-state index in [9.17, 15) is 9.18 Å². The third kappa shape index (κ3) is 2.06. The van der Waals surface area contributed by atoms with Gasteiger partial charge in [0, 0.05) is 13.1 Å². The molecule has 98 valence electrons. The summed E-state index contributed by atoms with van der Waals surface area (Å²) in [6.45, 7) is 4.40. The molecule has 0 bridgehead atoms. The van der Waals surface area contributed by atoms with Crippen molar-refractivity contribution in [1.29, 1.82) is 0 Å². The zero-order valence-electron chi connectivity index (χ0n) is 10.5. The van der Waals surface area contributed by atoms with Crippen LogP contribution in [0.3, 0.4) is 0 Å². The maximum absolute atomic E-state index is 14.0. The standard InChI is InChI=1S/C13H17FN2O2/c1-13(2)12(18)15-5-6-16(13)11-4-3-9(8-17)7-10(11)14/h3-4,7,17H,5-6,8H2,1-2H3,(H,15,18). The van der Waals surface area contributed by atoms with E-state index in [2.05, 4.69) is 5.32 Å². The minimum atomic E-state index is -0.778. The van der Waals surface area contributed by atoms with Gasteiger partial charge in [-0.05, 0) is 31.5 Å². The Morgan fingerprint density at radius 2 is 2.22 bits per heavy atom. The van der Waals surface area contributed by atoms with E-state index in [1.165, 1.54) is 6.07 Å². The number of halogens is 1. The minimum Gasteiger partial charge on any atom is -0.392 e. The maximum Gasteiger partial charge on any atom is 0.245 e. The fourth-order valence-corrected chi connectivity index (χ4v) is 2.19. The van der Waals surface area contributed by atoms with Gasteiger partial charge in [0.25, 0.3) is 0 Å². The molecule has 2 rings (SSSR count). The first kappa shape index (κ1) is 12.8. The summed E-state index contributed by atoms with van der Waals surface area (Å²) < 4.78 is 14.0. The van der Waals surface area contributed by atoms with Crippen LogP contribution in [0.2, 0.25) is 0 Å². The van der Waals surface area contributed by atoms with Crippen molar-refractivity contribution in [2.24, 2.45) is 0 Å². The van der Waals surface area contributed by atoms with Gasteiger partial charge in [-0.15, -0.1) is 0 Å². The van der Waals surface area contributed by atoms with Gasteiger partial charge in [-0.1, -0.05) is 6.07 Å². The van der Waals surface area contributed by atoms with Gasteiger partial charge < -0.3 is 15.3 Å². The second-order valence-corrected chi connectivity index (χ2v) is 4.91. The number of carbonyl (C=O) groups is 1. The number of rotatable bonds is 2. The van der Waals surface area contributed by atoms with E-state index in [0.29, 0.717) is 24.3 Å². The van der Waals surface area contributed by atoms with Gasteiger partial charge in [-0.2, -0.15) is 0 Å². The zero-order valence-corrected chi connectivity index (χ0v) is 10.5. The van der Waals surface area contributed by atoms with Gasteiger partial charge in [0.2, 0.25) is 5.91 Å². The Kier molecular flexibility index (Phi) is 3.26. The van der Waals surface area contributed by atoms with E-state index in [-0.39, 0.29) is 12.5 Å². The van der Waals surface area contributed by atoms with Gasteiger partial charge in [0.15, 0.2) is 0 Å². The molecule has 1 aromatic carbocycles. The number of piperazine rings is 1. The van der Waals surface area contributed by atoms with Gasteiger partial charge in [0.1, 0.15) is 11.4 Å². The first-order valence-corrected chi connectivity index (χ1v) is 5.92. The number of nitrogens with one attached hydrogen (secondary N) is 1. The molecular formula is C13H17FN2O2. The summed E-state index contributed by atoms with van der Waals surface area (Å²) >= 11 is 0. The SMILES string of the molecule is CC1(C)C(=O)NCCN1c1ccc(CO)cc1F. The van der Waals surface area contributed by atoms with Crippen molar-refractivity contribution in [3.63, 3.8) is 0 Å². The van der Waals surface area contributed by atoms with Gasteiger partial charge >= 0.3 is 0 Å². The number of hydrogen-bond acceptors (Lipinski definition) is 3. The third-order valence-corrected chi connectivity index (χ3v) is 3.34. The summed E-state index contributed by atoms with van der Waals surface area (Å²) in [5, 5.41) is 11.7. The molecule has 1 aliphatic rings. The number of nitrogens with zero attached hydrogens (tertiary/aromatic N) is 1. The van der Waals surface area contributed by atoms with Crippen LogP contribution in [-0.4, -0.2) is 29.6 Å². The lowest BCUT2D eigenvalue weighted by Crippen LogP contribution is -2.62. The highest BCUT2D eigenvalue weighted by molar-refractivity contribution is 5.90. The fraction of sp³-hybridized carbons (Fsp3) is 0.462. The molecule has 1 saturated heterocycles. The smallest absolute Gasteiger partial charge is 0.245 e. The van der Waals surface area contributed by atoms with Gasteiger partial charge in [0.05, 0.1) is 12.3 Å². The second-order valence-electron chi connectivity index (χ2n) is 4.91. The average Bonchev–Trinajstić information content (AvgIpc) is 2.33. The van der Waals surface area contributed by atoms with E-state index in [4.69, 9.17) is 5.11 Å². The van der Waals surface area contributed by atoms with Crippen molar-refractivity contribution in [2.75, 3.05) is 18.0 Å². The molecule has 5 heteroatoms. The van der Waals surface area contributed by atoms with Crippen LogP contribution in [0, 0.1) is 5.82 Å². The molecule has 0 unspecified atom stereocenters. The van der Waals surface area contributed by atoms with E-state index < -0.39 is 11.4 Å². The Bertz CT molecular complexity index is 474. The molecule has 1 amide bonds. The lowest BCUT2D eigenvalue weighted by Gasteiger charge is -2.42. The van der Waals surface area contributed by atoms with Crippen LogP contribution in [0.5, 0.6) is 0 Å². The number of benzene rings is 1. The first-order valence-electron chi connectivity index (χ1n) is 5.92. The van der Waals surface area contributed by atoms with Crippen LogP contribution in [0.1, 0.15) is 19.4 Å². The van der Waals surface area contributed by atoms with Crippen LogP contribution in [0.4, 0.5) is 10.1 Å². The molecule has 0 saturated carbocycles. The van der Waals surface area contributed by atoms with E-state index >= 15 is 0 Å². The first-order chi connectivity index (χ1) is 8.46. The summed E-state index contributed by atoms with van der Waals surface area (Å²) in [6, 6.07) is 4.58. The van der Waals surface area contributed by atoms with Crippen molar-refractivity contribution in [3.05, 3.63) is 29.6 Å². The second kappa shape index (κ2) is 4.57. The lowest BCUT2D eigenvalue weighted by molar-refractivity contribution is -0.126. The quantitative estimate of drug-likeness (QED) is 0.826. The van der Waals surface area contributed by atoms with Crippen LogP contribution in [-0.2, 0) is 11.4 Å². The Balaban J connectivity index is 2.38. The van der Waals surface area contributed by atoms with E-state index in [1.54, 1.807) is 30.9 Å². The predicted molar refractivity (Wildman–Crippen MR) is 66.8 cm³/mol. The maximum atomic E-state index is 14.0. The molecule has 0 spiro atoms. The normalized spacial score (nSPS) is 18.7. The lowest BCUT2D eigenvalue weighted by atomic mass is 9.97. The topological polar surface area (TPSA) is 52.6 Å². The molecule has 0 atom stereocenters. The molecule has 18 heavy (non-hydrogen) atoms. The summed E-state index contributed by atoms with van der Waals surface area (Å²) in [7, 11) is 0. The van der Waals surface area contributed by atoms with E-state index in [1.807, 2.05) is 0 Å². The summed E-state index contributed by atoms with van der Waals surface area (Å²) in [5.74, 6) is -0.524. The number of amides is 1. The van der Waals surface area contributed by atoms with Crippen LogP contribution in [0.15, 0.2) is 18.2 Å². The molecular weight excluding hydrogens is 235 g/mol. The van der Waals surface area contributed by atoms with Crippen LogP contribution < -0.4 is 10.2 Å². The van der Waals surface area contributed by atoms with Gasteiger partial charge in [-0.3, -0.25) is 4.79 Å². The fourth-order valence-electron chi connectivity index (χ4n) is 2.19. The van der Waals surface area contributed by atoms with Crippen LogP contribution >= 0.6 is 0 Å². The number of aliphatic hydroxyl groups is 1. The minimum absolute atomic E-state index is 0.112. The number of hydrogen-bond donors (Lipinski definition) is 2. The molecule has 0 aliphatic carbocycles. The monoisotopic (exact) mass is 252 g/mol. The summed E-state index contributed by atoms with van der Waals surface area (Å²) in [6.07, 6.45) is 0. The number of carbonyl (C=O) groups excluding carboxylic acids is 1. The van der Waals surface area contributed by atoms with Crippen molar-refractivity contribution in [1.82, 2.24) is 5.32 Å². The summed E-state index contributed by atoms with van der Waals surface area (Å²) in [4.78, 5) is 13.6. The predicted octanol–water partition coefficient (Wildman–Crippen LogP) is 1.03. The molecule has 4 nitrogen and oxygen atoms in total. The highest BCUT2D eigenvalue weighted by atomic mass is 19.1. The average molecular weight is 252 g/mol. The van der Waals surface area contributed by atoms with Crippen molar-refractivity contribution >= 4 is 11.6 Å². The van der Waals surface area contributed by atoms with E-state index in [0.717, 1.165) is 0 Å². The molecule has 1 aromatic rings. The Hall–Kier alpha value is -1.62. The summed E-state index contributed by atoms with van der Waals surface area (Å²) in [5.41, 5.74) is 0.141. The highest BCUT2D eigenvalue weighted by Crippen LogP contribution is 2.29.